The number of carbonyl (C=O) groups is 1. The molecule has 1 saturated heterocycles. The summed E-state index contributed by atoms with van der Waals surface area (Å²) < 4.78 is 5.25. The van der Waals surface area contributed by atoms with Crippen LogP contribution in [0.25, 0.3) is 0 Å². The Balaban J connectivity index is 2.22. The molecule has 0 radical (unpaired) electrons. The van der Waals surface area contributed by atoms with Crippen molar-refractivity contribution in [2.45, 2.75) is 6.10 Å². The molecule has 1 N–H and O–H groups in total. The van der Waals surface area contributed by atoms with Gasteiger partial charge in [-0.1, -0.05) is 11.6 Å². The van der Waals surface area contributed by atoms with E-state index >= 15 is 0 Å². The number of aliphatic hydroxyl groups excluding tert-OH is 1. The lowest BCUT2D eigenvalue weighted by molar-refractivity contribution is -0.384. The predicted molar refractivity (Wildman–Crippen MR) is 70.8 cm³/mol. The van der Waals surface area contributed by atoms with Crippen molar-refractivity contribution in [3.8, 4) is 0 Å². The van der Waals surface area contributed by atoms with Crippen molar-refractivity contribution in [3.63, 3.8) is 0 Å². The standard InChI is InChI=1S/C12H13ClN2O5/c13-9-3-8(4-10(5-9)15(18)19)12(17)14-1-2-20-11(6-14)7-16/h3-5,11,16H,1-2,6-7H2. The molecule has 1 unspecified atom stereocenters. The minimum atomic E-state index is -0.599. The number of non-ortho nitro benzene ring substituents is 1. The van der Waals surface area contributed by atoms with Gasteiger partial charge in [-0.05, 0) is 6.07 Å². The Kier molecular flexibility index (Phi) is 4.53. The molecule has 0 bridgehead atoms. The van der Waals surface area contributed by atoms with Crippen LogP contribution in [-0.4, -0.2) is 53.2 Å². The van der Waals surface area contributed by atoms with Crippen LogP contribution in [0.4, 0.5) is 5.69 Å². The van der Waals surface area contributed by atoms with Gasteiger partial charge in [0.25, 0.3) is 11.6 Å². The fourth-order valence-electron chi connectivity index (χ4n) is 2.00. The molecule has 1 aliphatic heterocycles. The lowest BCUT2D eigenvalue weighted by Crippen LogP contribution is -2.46. The van der Waals surface area contributed by atoms with Crippen molar-refractivity contribution < 1.29 is 19.6 Å². The van der Waals surface area contributed by atoms with E-state index in [1.165, 1.54) is 23.1 Å². The van der Waals surface area contributed by atoms with Gasteiger partial charge in [-0.25, -0.2) is 0 Å². The average molecular weight is 301 g/mol. The SMILES string of the molecule is O=C(c1cc(Cl)cc([N+](=O)[O-])c1)N1CCOC(CO)C1. The lowest BCUT2D eigenvalue weighted by atomic mass is 10.1. The fraction of sp³-hybridized carbons (Fsp3) is 0.417. The van der Waals surface area contributed by atoms with Crippen LogP contribution in [0.3, 0.4) is 0 Å². The van der Waals surface area contributed by atoms with E-state index in [0.717, 1.165) is 0 Å². The number of morpholine rings is 1. The lowest BCUT2D eigenvalue weighted by Gasteiger charge is -2.32. The maximum Gasteiger partial charge on any atom is 0.271 e. The molecule has 1 amide bonds. The van der Waals surface area contributed by atoms with E-state index in [1.807, 2.05) is 0 Å². The van der Waals surface area contributed by atoms with E-state index in [-0.39, 0.29) is 35.3 Å². The van der Waals surface area contributed by atoms with E-state index in [2.05, 4.69) is 0 Å². The summed E-state index contributed by atoms with van der Waals surface area (Å²) >= 11 is 5.79. The minimum Gasteiger partial charge on any atom is -0.394 e. The van der Waals surface area contributed by atoms with E-state index in [9.17, 15) is 14.9 Å². The maximum atomic E-state index is 12.3. The summed E-state index contributed by atoms with van der Waals surface area (Å²) in [4.78, 5) is 24.0. The number of halogens is 1. The summed E-state index contributed by atoms with van der Waals surface area (Å²) in [5, 5.41) is 20.0. The molecule has 1 heterocycles. The smallest absolute Gasteiger partial charge is 0.271 e. The molecule has 1 atom stereocenters. The number of rotatable bonds is 3. The molecule has 108 valence electrons. The van der Waals surface area contributed by atoms with Crippen LogP contribution in [0, 0.1) is 10.1 Å². The summed E-state index contributed by atoms with van der Waals surface area (Å²) in [6.07, 6.45) is -0.429. The number of amides is 1. The summed E-state index contributed by atoms with van der Waals surface area (Å²) in [7, 11) is 0. The molecule has 2 rings (SSSR count). The van der Waals surface area contributed by atoms with E-state index in [1.54, 1.807) is 0 Å². The molecule has 1 aliphatic rings. The van der Waals surface area contributed by atoms with Crippen LogP contribution in [0.1, 0.15) is 10.4 Å². The molecule has 1 fully saturated rings. The van der Waals surface area contributed by atoms with Gasteiger partial charge in [0.2, 0.25) is 0 Å². The van der Waals surface area contributed by atoms with Crippen LogP contribution in [0.5, 0.6) is 0 Å². The second-order valence-corrected chi connectivity index (χ2v) is 4.82. The predicted octanol–water partition coefficient (Wildman–Crippen LogP) is 1.08. The molecule has 1 aromatic rings. The summed E-state index contributed by atoms with van der Waals surface area (Å²) in [5.74, 6) is -0.364. The Morgan fingerprint density at radius 2 is 2.30 bits per heavy atom. The molecule has 0 aliphatic carbocycles. The van der Waals surface area contributed by atoms with Gasteiger partial charge >= 0.3 is 0 Å². The van der Waals surface area contributed by atoms with Crippen molar-refractivity contribution in [1.29, 1.82) is 0 Å². The van der Waals surface area contributed by atoms with E-state index in [4.69, 9.17) is 21.4 Å². The molecule has 1 aromatic carbocycles. The van der Waals surface area contributed by atoms with Gasteiger partial charge in [0, 0.05) is 35.8 Å². The third kappa shape index (κ3) is 3.24. The van der Waals surface area contributed by atoms with Crippen molar-refractivity contribution in [2.24, 2.45) is 0 Å². The molecule has 8 heteroatoms. The molecule has 7 nitrogen and oxygen atoms in total. The van der Waals surface area contributed by atoms with E-state index in [0.29, 0.717) is 13.2 Å². The zero-order valence-electron chi connectivity index (χ0n) is 10.5. The van der Waals surface area contributed by atoms with Gasteiger partial charge in [0.1, 0.15) is 0 Å². The van der Waals surface area contributed by atoms with Gasteiger partial charge in [-0.2, -0.15) is 0 Å². The van der Waals surface area contributed by atoms with Crippen LogP contribution >= 0.6 is 11.6 Å². The van der Waals surface area contributed by atoms with E-state index < -0.39 is 11.0 Å². The Morgan fingerprint density at radius 3 is 2.95 bits per heavy atom. The Bertz CT molecular complexity index is 537. The number of aliphatic hydroxyl groups is 1. The normalized spacial score (nSPS) is 18.9. The maximum absolute atomic E-state index is 12.3. The number of hydrogen-bond donors (Lipinski definition) is 1. The molecule has 0 saturated carbocycles. The quantitative estimate of drug-likeness (QED) is 0.666. The van der Waals surface area contributed by atoms with Gasteiger partial charge in [0.15, 0.2) is 0 Å². The number of nitrogens with zero attached hydrogens (tertiary/aromatic N) is 2. The Hall–Kier alpha value is -1.70. The first-order chi connectivity index (χ1) is 9.51. The second kappa shape index (κ2) is 6.17. The van der Waals surface area contributed by atoms with Gasteiger partial charge in [0.05, 0.1) is 24.2 Å². The zero-order chi connectivity index (χ0) is 14.7. The number of ether oxygens (including phenoxy) is 1. The fourth-order valence-corrected chi connectivity index (χ4v) is 2.23. The van der Waals surface area contributed by atoms with Gasteiger partial charge in [-0.3, -0.25) is 14.9 Å². The third-order valence-corrected chi connectivity index (χ3v) is 3.19. The number of benzene rings is 1. The van der Waals surface area contributed by atoms with Crippen LogP contribution < -0.4 is 0 Å². The van der Waals surface area contributed by atoms with Crippen LogP contribution in [0.15, 0.2) is 18.2 Å². The highest BCUT2D eigenvalue weighted by atomic mass is 35.5. The number of hydrogen-bond acceptors (Lipinski definition) is 5. The molecule has 0 aromatic heterocycles. The van der Waals surface area contributed by atoms with Crippen LogP contribution in [0.2, 0.25) is 5.02 Å². The topological polar surface area (TPSA) is 92.9 Å². The highest BCUT2D eigenvalue weighted by Gasteiger charge is 2.25. The average Bonchev–Trinajstić information content (AvgIpc) is 2.45. The summed E-state index contributed by atoms with van der Waals surface area (Å²) in [5.41, 5.74) is -0.0735. The first-order valence-corrected chi connectivity index (χ1v) is 6.36. The number of nitro benzene ring substituents is 1. The van der Waals surface area contributed by atoms with Gasteiger partial charge < -0.3 is 14.7 Å². The molecule has 20 heavy (non-hydrogen) atoms. The van der Waals surface area contributed by atoms with Gasteiger partial charge in [-0.15, -0.1) is 0 Å². The monoisotopic (exact) mass is 300 g/mol. The first kappa shape index (κ1) is 14.7. The highest BCUT2D eigenvalue weighted by Crippen LogP contribution is 2.22. The van der Waals surface area contributed by atoms with Crippen molar-refractivity contribution in [2.75, 3.05) is 26.3 Å². The zero-order valence-corrected chi connectivity index (χ0v) is 11.2. The first-order valence-electron chi connectivity index (χ1n) is 5.98. The Morgan fingerprint density at radius 1 is 1.55 bits per heavy atom. The van der Waals surface area contributed by atoms with Crippen molar-refractivity contribution >= 4 is 23.2 Å². The number of carbonyl (C=O) groups excluding carboxylic acids is 1. The minimum absolute atomic E-state index is 0.134. The largest absolute Gasteiger partial charge is 0.394 e. The summed E-state index contributed by atoms with van der Waals surface area (Å²) in [6.45, 7) is 0.754. The molecular formula is C12H13ClN2O5. The molecule has 0 spiro atoms. The van der Waals surface area contributed by atoms with Crippen LogP contribution in [-0.2, 0) is 4.74 Å². The number of nitro groups is 1. The Labute approximate surface area is 119 Å². The highest BCUT2D eigenvalue weighted by molar-refractivity contribution is 6.31. The van der Waals surface area contributed by atoms with Crippen molar-refractivity contribution in [1.82, 2.24) is 4.90 Å². The second-order valence-electron chi connectivity index (χ2n) is 4.38. The molecular weight excluding hydrogens is 288 g/mol. The summed E-state index contributed by atoms with van der Waals surface area (Å²) in [6, 6.07) is 3.77. The van der Waals surface area contributed by atoms with Crippen molar-refractivity contribution in [3.05, 3.63) is 38.9 Å². The third-order valence-electron chi connectivity index (χ3n) is 2.97.